The van der Waals surface area contributed by atoms with Gasteiger partial charge in [-0.05, 0) is 54.8 Å². The lowest BCUT2D eigenvalue weighted by Gasteiger charge is -2.15. The number of halogens is 1. The Morgan fingerprint density at radius 1 is 0.897 bits per heavy atom. The largest absolute Gasteiger partial charge is 0.490 e. The van der Waals surface area contributed by atoms with Gasteiger partial charge in [0.1, 0.15) is 11.6 Å². The molecule has 0 aliphatic heterocycles. The van der Waals surface area contributed by atoms with Gasteiger partial charge < -0.3 is 14.8 Å². The third-order valence-electron chi connectivity index (χ3n) is 4.36. The van der Waals surface area contributed by atoms with Crippen LogP contribution in [0.1, 0.15) is 23.6 Å². The second-order valence-electron chi connectivity index (χ2n) is 6.50. The lowest BCUT2D eigenvalue weighted by molar-refractivity contribution is 0.269. The monoisotopic (exact) mass is 425 g/mol. The van der Waals surface area contributed by atoms with E-state index >= 15 is 0 Å². The number of nitrogens with one attached hydrogen (secondary N) is 1. The molecule has 0 aliphatic carbocycles. The molecule has 0 fully saturated rings. The Bertz CT molecular complexity index is 929. The third kappa shape index (κ3) is 6.48. The van der Waals surface area contributed by atoms with Crippen LogP contribution in [-0.2, 0) is 13.0 Å². The molecule has 3 aromatic rings. The van der Waals surface area contributed by atoms with Crippen LogP contribution in [0.15, 0.2) is 72.8 Å². The van der Waals surface area contributed by atoms with Crippen molar-refractivity contribution in [1.29, 1.82) is 0 Å². The quantitative estimate of drug-likeness (QED) is 0.437. The van der Waals surface area contributed by atoms with Crippen molar-refractivity contribution in [2.75, 3.05) is 13.2 Å². The van der Waals surface area contributed by atoms with Gasteiger partial charge in [-0.15, -0.1) is 0 Å². The van der Waals surface area contributed by atoms with E-state index in [0.717, 1.165) is 24.1 Å². The Morgan fingerprint density at radius 3 is 2.38 bits per heavy atom. The first-order chi connectivity index (χ1) is 14.2. The van der Waals surface area contributed by atoms with Crippen LogP contribution in [0.5, 0.6) is 11.5 Å². The number of benzene rings is 3. The zero-order valence-electron chi connectivity index (χ0n) is 16.4. The molecular weight excluding hydrogens is 402 g/mol. The van der Waals surface area contributed by atoms with Crippen molar-refractivity contribution >= 4 is 28.8 Å². The van der Waals surface area contributed by atoms with Gasteiger partial charge in [0.15, 0.2) is 11.5 Å². The third-order valence-corrected chi connectivity index (χ3v) is 4.99. The van der Waals surface area contributed by atoms with E-state index in [1.165, 1.54) is 5.56 Å². The van der Waals surface area contributed by atoms with Gasteiger partial charge in [0, 0.05) is 17.1 Å². The summed E-state index contributed by atoms with van der Waals surface area (Å²) in [4.78, 5) is 0.700. The molecule has 0 saturated carbocycles. The molecule has 0 aliphatic rings. The molecule has 0 bridgehead atoms. The topological polar surface area (TPSA) is 30.5 Å². The summed E-state index contributed by atoms with van der Waals surface area (Å²) < 4.78 is 11.7. The smallest absolute Gasteiger partial charge is 0.161 e. The number of hydrogen-bond acceptors (Lipinski definition) is 3. The van der Waals surface area contributed by atoms with E-state index < -0.39 is 0 Å². The van der Waals surface area contributed by atoms with Crippen LogP contribution in [0.3, 0.4) is 0 Å². The summed E-state index contributed by atoms with van der Waals surface area (Å²) in [5, 5.41) is 4.03. The molecular formula is C24H24ClNO2S. The number of hydrogen-bond donors (Lipinski definition) is 1. The number of ether oxygens (including phenoxy) is 2. The highest BCUT2D eigenvalue weighted by Crippen LogP contribution is 2.29. The molecule has 0 heterocycles. The summed E-state index contributed by atoms with van der Waals surface area (Å²) in [6.45, 7) is 3.72. The minimum atomic E-state index is 0.441. The first-order valence-corrected chi connectivity index (χ1v) is 10.4. The highest BCUT2D eigenvalue weighted by molar-refractivity contribution is 7.80. The molecule has 3 aromatic carbocycles. The van der Waals surface area contributed by atoms with Crippen molar-refractivity contribution in [3.05, 3.63) is 94.5 Å². The molecule has 0 saturated heterocycles. The minimum absolute atomic E-state index is 0.441. The van der Waals surface area contributed by atoms with E-state index in [9.17, 15) is 0 Å². The number of rotatable bonds is 9. The van der Waals surface area contributed by atoms with E-state index in [-0.39, 0.29) is 0 Å². The van der Waals surface area contributed by atoms with Crippen LogP contribution < -0.4 is 14.8 Å². The molecule has 150 valence electrons. The first-order valence-electron chi connectivity index (χ1n) is 9.62. The Balaban J connectivity index is 1.61. The fourth-order valence-corrected chi connectivity index (χ4v) is 3.20. The lowest BCUT2D eigenvalue weighted by atomic mass is 10.1. The Hall–Kier alpha value is -2.56. The average molecular weight is 426 g/mol. The lowest BCUT2D eigenvalue weighted by Crippen LogP contribution is -2.24. The van der Waals surface area contributed by atoms with Crippen molar-refractivity contribution in [3.63, 3.8) is 0 Å². The summed E-state index contributed by atoms with van der Waals surface area (Å²) in [7, 11) is 0. The SMILES string of the molecule is CCOc1cc(C(=S)NCCc2ccccc2)ccc1OCc1ccc(Cl)cc1. The van der Waals surface area contributed by atoms with Gasteiger partial charge in [0.2, 0.25) is 0 Å². The molecule has 3 rings (SSSR count). The summed E-state index contributed by atoms with van der Waals surface area (Å²) in [6, 6.07) is 23.7. The Morgan fingerprint density at radius 2 is 1.66 bits per heavy atom. The molecule has 3 nitrogen and oxygen atoms in total. The van der Waals surface area contributed by atoms with Crippen LogP contribution in [0.4, 0.5) is 0 Å². The van der Waals surface area contributed by atoms with E-state index in [1.54, 1.807) is 0 Å². The Kier molecular flexibility index (Phi) is 7.91. The van der Waals surface area contributed by atoms with E-state index in [4.69, 9.17) is 33.3 Å². The molecule has 29 heavy (non-hydrogen) atoms. The standard InChI is InChI=1S/C24H24ClNO2S/c1-2-27-23-16-20(24(29)26-15-14-18-6-4-3-5-7-18)10-13-22(23)28-17-19-8-11-21(25)12-9-19/h3-13,16H,2,14-15,17H2,1H3,(H,26,29). The van der Waals surface area contributed by atoms with Crippen LogP contribution >= 0.6 is 23.8 Å². The highest BCUT2D eigenvalue weighted by atomic mass is 35.5. The van der Waals surface area contributed by atoms with Crippen LogP contribution in [0.25, 0.3) is 0 Å². The predicted molar refractivity (Wildman–Crippen MR) is 123 cm³/mol. The fraction of sp³-hybridized carbons (Fsp3) is 0.208. The molecule has 0 unspecified atom stereocenters. The van der Waals surface area contributed by atoms with Crippen LogP contribution in [-0.4, -0.2) is 18.1 Å². The highest BCUT2D eigenvalue weighted by Gasteiger charge is 2.10. The van der Waals surface area contributed by atoms with Crippen molar-refractivity contribution in [1.82, 2.24) is 5.32 Å². The van der Waals surface area contributed by atoms with Gasteiger partial charge in [-0.1, -0.05) is 66.3 Å². The van der Waals surface area contributed by atoms with E-state index in [0.29, 0.717) is 34.7 Å². The minimum Gasteiger partial charge on any atom is -0.490 e. The molecule has 0 spiro atoms. The number of thiocarbonyl (C=S) groups is 1. The van der Waals surface area contributed by atoms with Crippen LogP contribution in [0.2, 0.25) is 5.02 Å². The van der Waals surface area contributed by atoms with Gasteiger partial charge in [0.05, 0.1) is 6.61 Å². The first kappa shape index (κ1) is 21.2. The molecule has 0 amide bonds. The van der Waals surface area contributed by atoms with Gasteiger partial charge >= 0.3 is 0 Å². The maximum Gasteiger partial charge on any atom is 0.161 e. The van der Waals surface area contributed by atoms with Crippen molar-refractivity contribution in [2.24, 2.45) is 0 Å². The summed E-state index contributed by atoms with van der Waals surface area (Å²) in [5.41, 5.74) is 3.23. The van der Waals surface area contributed by atoms with Gasteiger partial charge in [-0.3, -0.25) is 0 Å². The summed E-state index contributed by atoms with van der Waals surface area (Å²) in [6.07, 6.45) is 0.918. The maximum absolute atomic E-state index is 5.96. The van der Waals surface area contributed by atoms with Crippen LogP contribution in [0, 0.1) is 0 Å². The molecule has 0 radical (unpaired) electrons. The van der Waals surface area contributed by atoms with Gasteiger partial charge in [0.25, 0.3) is 0 Å². The van der Waals surface area contributed by atoms with Crippen molar-refractivity contribution in [2.45, 2.75) is 20.0 Å². The molecule has 0 aromatic heterocycles. The van der Waals surface area contributed by atoms with Gasteiger partial charge in [-0.25, -0.2) is 0 Å². The second-order valence-corrected chi connectivity index (χ2v) is 7.35. The van der Waals surface area contributed by atoms with Gasteiger partial charge in [-0.2, -0.15) is 0 Å². The van der Waals surface area contributed by atoms with Crippen molar-refractivity contribution < 1.29 is 9.47 Å². The predicted octanol–water partition coefficient (Wildman–Crippen LogP) is 5.83. The maximum atomic E-state index is 5.96. The second kappa shape index (κ2) is 10.8. The normalized spacial score (nSPS) is 10.4. The summed E-state index contributed by atoms with van der Waals surface area (Å²) in [5.74, 6) is 1.38. The average Bonchev–Trinajstić information content (AvgIpc) is 2.75. The summed E-state index contributed by atoms with van der Waals surface area (Å²) >= 11 is 11.5. The van der Waals surface area contributed by atoms with E-state index in [1.807, 2.05) is 67.6 Å². The van der Waals surface area contributed by atoms with E-state index in [2.05, 4.69) is 17.4 Å². The zero-order valence-corrected chi connectivity index (χ0v) is 17.9. The molecule has 5 heteroatoms. The molecule has 1 N–H and O–H groups in total. The fourth-order valence-electron chi connectivity index (χ4n) is 2.85. The zero-order chi connectivity index (χ0) is 20.5. The molecule has 0 atom stereocenters. The Labute approximate surface area is 182 Å². The van der Waals surface area contributed by atoms with Crippen molar-refractivity contribution in [3.8, 4) is 11.5 Å².